The van der Waals surface area contributed by atoms with E-state index >= 15 is 0 Å². The van der Waals surface area contributed by atoms with Gasteiger partial charge in [0.05, 0.1) is 5.69 Å². The number of carbonyl (C=O) groups is 1. The van der Waals surface area contributed by atoms with Crippen LogP contribution in [-0.4, -0.2) is 38.1 Å². The summed E-state index contributed by atoms with van der Waals surface area (Å²) in [5, 5.41) is 8.64. The van der Waals surface area contributed by atoms with Crippen LogP contribution in [0.15, 0.2) is 50.5 Å². The zero-order valence-electron chi connectivity index (χ0n) is 18.6. The van der Waals surface area contributed by atoms with Gasteiger partial charge >= 0.3 is 0 Å². The summed E-state index contributed by atoms with van der Waals surface area (Å²) < 4.78 is 37.7. The number of nitrogens with zero attached hydrogens (tertiary/aromatic N) is 3. The maximum atomic E-state index is 12.6. The number of rotatable bonds is 10. The highest BCUT2D eigenvalue weighted by Crippen LogP contribution is 2.38. The van der Waals surface area contributed by atoms with Gasteiger partial charge in [0.2, 0.25) is 5.89 Å². The number of ether oxygens (including phenoxy) is 1. The predicted octanol–water partition coefficient (Wildman–Crippen LogP) is 3.73. The fourth-order valence-corrected chi connectivity index (χ4v) is 5.55. The summed E-state index contributed by atoms with van der Waals surface area (Å²) in [6.07, 6.45) is 2.14. The van der Waals surface area contributed by atoms with Gasteiger partial charge in [0.15, 0.2) is 12.4 Å². The largest absolute Gasteiger partial charge is 0.484 e. The number of sulfonamides is 1. The second-order valence-electron chi connectivity index (χ2n) is 8.24. The maximum absolute atomic E-state index is 12.6. The topological polar surface area (TPSA) is 115 Å². The van der Waals surface area contributed by atoms with Crippen LogP contribution in [0.25, 0.3) is 0 Å². The fourth-order valence-electron chi connectivity index (χ4n) is 3.19. The van der Waals surface area contributed by atoms with Gasteiger partial charge in [-0.15, -0.1) is 11.3 Å². The molecule has 1 aliphatic rings. The molecule has 9 nitrogen and oxygen atoms in total. The number of hydrogen-bond donors (Lipinski definition) is 1. The summed E-state index contributed by atoms with van der Waals surface area (Å²) in [5.74, 6) is 1.66. The van der Waals surface area contributed by atoms with Gasteiger partial charge in [-0.1, -0.05) is 25.1 Å². The first-order chi connectivity index (χ1) is 15.8. The number of anilines is 1. The lowest BCUT2D eigenvalue weighted by Crippen LogP contribution is -2.35. The van der Waals surface area contributed by atoms with E-state index in [1.54, 1.807) is 41.8 Å². The Morgan fingerprint density at radius 1 is 1.27 bits per heavy atom. The predicted molar refractivity (Wildman–Crippen MR) is 124 cm³/mol. The van der Waals surface area contributed by atoms with Gasteiger partial charge in [-0.3, -0.25) is 9.10 Å². The van der Waals surface area contributed by atoms with Crippen molar-refractivity contribution in [3.05, 3.63) is 53.5 Å². The van der Waals surface area contributed by atoms with Crippen molar-refractivity contribution in [2.24, 2.45) is 5.92 Å². The second-order valence-corrected chi connectivity index (χ2v) is 11.4. The molecule has 33 heavy (non-hydrogen) atoms. The van der Waals surface area contributed by atoms with Crippen LogP contribution in [0.3, 0.4) is 0 Å². The van der Waals surface area contributed by atoms with E-state index in [2.05, 4.69) is 15.5 Å². The molecule has 2 aromatic heterocycles. The quantitative estimate of drug-likeness (QED) is 0.460. The van der Waals surface area contributed by atoms with Gasteiger partial charge in [0.1, 0.15) is 16.0 Å². The Labute approximate surface area is 196 Å². The number of carbonyl (C=O) groups excluding carboxylic acids is 1. The molecule has 11 heteroatoms. The molecule has 2 heterocycles. The van der Waals surface area contributed by atoms with Crippen LogP contribution in [0.4, 0.5) is 5.69 Å². The molecule has 0 saturated heterocycles. The Kier molecular flexibility index (Phi) is 6.71. The van der Waals surface area contributed by atoms with E-state index in [-0.39, 0.29) is 22.6 Å². The lowest BCUT2D eigenvalue weighted by Gasteiger charge is -2.19. The number of hydrogen-bond acceptors (Lipinski definition) is 8. The summed E-state index contributed by atoms with van der Waals surface area (Å²) in [6, 6.07) is 9.38. The molecule has 1 saturated carbocycles. The molecule has 1 aliphatic carbocycles. The molecule has 0 bridgehead atoms. The average Bonchev–Trinajstić information content (AvgIpc) is 3.27. The SMILES string of the molecule is CC(C)C(NC(=O)COc1ccc(N(C)S(=O)(=O)c2cccs2)cc1)c1nc(C2CC2)no1. The van der Waals surface area contributed by atoms with Crippen molar-refractivity contribution in [3.63, 3.8) is 0 Å². The molecule has 0 aliphatic heterocycles. The minimum atomic E-state index is -3.61. The van der Waals surface area contributed by atoms with Crippen LogP contribution in [-0.2, 0) is 14.8 Å². The molecule has 176 valence electrons. The van der Waals surface area contributed by atoms with Crippen molar-refractivity contribution in [3.8, 4) is 5.75 Å². The normalized spacial score (nSPS) is 14.8. The maximum Gasteiger partial charge on any atom is 0.273 e. The third-order valence-corrected chi connectivity index (χ3v) is 8.49. The first-order valence-electron chi connectivity index (χ1n) is 10.6. The van der Waals surface area contributed by atoms with E-state index in [1.807, 2.05) is 13.8 Å². The first-order valence-corrected chi connectivity index (χ1v) is 13.0. The van der Waals surface area contributed by atoms with E-state index in [1.165, 1.54) is 11.4 Å². The zero-order valence-corrected chi connectivity index (χ0v) is 20.2. The molecule has 1 N–H and O–H groups in total. The summed E-state index contributed by atoms with van der Waals surface area (Å²) >= 11 is 1.16. The first kappa shape index (κ1) is 23.2. The molecular weight excluding hydrogens is 464 g/mol. The Hall–Kier alpha value is -2.92. The third-order valence-electron chi connectivity index (χ3n) is 5.33. The molecule has 1 unspecified atom stereocenters. The Morgan fingerprint density at radius 2 is 2.00 bits per heavy atom. The van der Waals surface area contributed by atoms with E-state index < -0.39 is 16.1 Å². The molecule has 0 spiro atoms. The minimum Gasteiger partial charge on any atom is -0.484 e. The molecule has 1 amide bonds. The average molecular weight is 491 g/mol. The van der Waals surface area contributed by atoms with Crippen molar-refractivity contribution in [2.75, 3.05) is 18.0 Å². The smallest absolute Gasteiger partial charge is 0.273 e. The van der Waals surface area contributed by atoms with Gasteiger partial charge in [-0.05, 0) is 54.5 Å². The highest BCUT2D eigenvalue weighted by molar-refractivity contribution is 7.94. The third kappa shape index (κ3) is 5.36. The Balaban J connectivity index is 1.34. The molecule has 1 fully saturated rings. The van der Waals surface area contributed by atoms with Gasteiger partial charge < -0.3 is 14.6 Å². The van der Waals surface area contributed by atoms with Crippen molar-refractivity contribution in [1.82, 2.24) is 15.5 Å². The molecule has 0 radical (unpaired) electrons. The summed E-state index contributed by atoms with van der Waals surface area (Å²) in [6.45, 7) is 3.73. The van der Waals surface area contributed by atoms with E-state index in [9.17, 15) is 13.2 Å². The molecule has 1 aromatic carbocycles. The van der Waals surface area contributed by atoms with Crippen LogP contribution in [0.1, 0.15) is 50.4 Å². The van der Waals surface area contributed by atoms with Crippen molar-refractivity contribution < 1.29 is 22.5 Å². The van der Waals surface area contributed by atoms with E-state index in [0.717, 1.165) is 24.2 Å². The Morgan fingerprint density at radius 3 is 2.61 bits per heavy atom. The molecule has 4 rings (SSSR count). The summed E-state index contributed by atoms with van der Waals surface area (Å²) in [5.41, 5.74) is 0.489. The van der Waals surface area contributed by atoms with Crippen LogP contribution in [0.2, 0.25) is 0 Å². The number of thiophene rings is 1. The number of amides is 1. The van der Waals surface area contributed by atoms with Crippen LogP contribution < -0.4 is 14.4 Å². The fraction of sp³-hybridized carbons (Fsp3) is 0.409. The zero-order chi connectivity index (χ0) is 23.6. The van der Waals surface area contributed by atoms with E-state index in [4.69, 9.17) is 9.26 Å². The Bertz CT molecular complexity index is 1190. The van der Waals surface area contributed by atoms with Gasteiger partial charge in [0.25, 0.3) is 15.9 Å². The van der Waals surface area contributed by atoms with Crippen LogP contribution >= 0.6 is 11.3 Å². The lowest BCUT2D eigenvalue weighted by atomic mass is 10.0. The van der Waals surface area contributed by atoms with Crippen LogP contribution in [0.5, 0.6) is 5.75 Å². The van der Waals surface area contributed by atoms with Crippen molar-refractivity contribution >= 4 is 33.0 Å². The number of benzene rings is 1. The van der Waals surface area contributed by atoms with Gasteiger partial charge in [-0.2, -0.15) is 4.98 Å². The van der Waals surface area contributed by atoms with Crippen molar-refractivity contribution in [1.29, 1.82) is 0 Å². The van der Waals surface area contributed by atoms with Crippen molar-refractivity contribution in [2.45, 2.75) is 42.9 Å². The molecule has 1 atom stereocenters. The lowest BCUT2D eigenvalue weighted by molar-refractivity contribution is -0.124. The highest BCUT2D eigenvalue weighted by Gasteiger charge is 2.31. The monoisotopic (exact) mass is 490 g/mol. The standard InChI is InChI=1S/C22H26N4O5S2/c1-14(2)20(22-24-21(25-31-22)15-6-7-15)23-18(27)13-30-17-10-8-16(9-11-17)26(3)33(28,29)19-5-4-12-32-19/h4-5,8-12,14-15,20H,6-7,13H2,1-3H3,(H,23,27). The summed E-state index contributed by atoms with van der Waals surface area (Å²) in [7, 11) is -2.11. The minimum absolute atomic E-state index is 0.0570. The van der Waals surface area contributed by atoms with Crippen LogP contribution in [0, 0.1) is 5.92 Å². The molecular formula is C22H26N4O5S2. The second kappa shape index (κ2) is 9.52. The van der Waals surface area contributed by atoms with Gasteiger partial charge in [0, 0.05) is 13.0 Å². The summed E-state index contributed by atoms with van der Waals surface area (Å²) in [4.78, 5) is 16.9. The van der Waals surface area contributed by atoms with E-state index in [0.29, 0.717) is 29.1 Å². The molecule has 3 aromatic rings. The highest BCUT2D eigenvalue weighted by atomic mass is 32.2. The van der Waals surface area contributed by atoms with Gasteiger partial charge in [-0.25, -0.2) is 8.42 Å². The number of aromatic nitrogens is 2. The number of nitrogens with one attached hydrogen (secondary N) is 1.